The fourth-order valence-corrected chi connectivity index (χ4v) is 2.86. The van der Waals surface area contributed by atoms with Gasteiger partial charge in [-0.3, -0.25) is 0 Å². The molecule has 0 atom stereocenters. The molecule has 0 aliphatic heterocycles. The molecule has 0 spiro atoms. The van der Waals surface area contributed by atoms with E-state index in [4.69, 9.17) is 22.3 Å². The van der Waals surface area contributed by atoms with Crippen LogP contribution in [0.25, 0.3) is 11.0 Å². The zero-order chi connectivity index (χ0) is 10.3. The summed E-state index contributed by atoms with van der Waals surface area (Å²) in [4.78, 5) is -0.0627. The van der Waals surface area contributed by atoms with Crippen molar-refractivity contribution in [3.8, 4) is 0 Å². The molecule has 0 bridgehead atoms. The first kappa shape index (κ1) is 10.1. The van der Waals surface area contributed by atoms with Crippen molar-refractivity contribution < 1.29 is 8.42 Å². The third kappa shape index (κ3) is 1.58. The summed E-state index contributed by atoms with van der Waals surface area (Å²) in [7, 11) is 1.41. The van der Waals surface area contributed by atoms with E-state index in [-0.39, 0.29) is 10.4 Å². The normalized spacial score (nSPS) is 12.1. The Balaban J connectivity index is 2.93. The van der Waals surface area contributed by atoms with Crippen molar-refractivity contribution in [1.29, 1.82) is 0 Å². The maximum absolute atomic E-state index is 11.1. The maximum Gasteiger partial charge on any atom is 0.263 e. The van der Waals surface area contributed by atoms with Gasteiger partial charge in [0.25, 0.3) is 9.05 Å². The number of nitrogens with zero attached hydrogens (tertiary/aromatic N) is 2. The fourth-order valence-electron chi connectivity index (χ4n) is 1.01. The van der Waals surface area contributed by atoms with E-state index in [1.54, 1.807) is 0 Å². The first-order valence-electron chi connectivity index (χ1n) is 3.35. The number of benzene rings is 1. The summed E-state index contributed by atoms with van der Waals surface area (Å²) >= 11 is 6.68. The van der Waals surface area contributed by atoms with Gasteiger partial charge in [-0.2, -0.15) is 8.75 Å². The van der Waals surface area contributed by atoms with Crippen molar-refractivity contribution >= 4 is 54.1 Å². The molecule has 0 saturated carbocycles. The Bertz CT molecular complexity index is 593. The summed E-state index contributed by atoms with van der Waals surface area (Å²) in [6.07, 6.45) is 0. The highest BCUT2D eigenvalue weighted by Gasteiger charge is 2.18. The predicted molar refractivity (Wildman–Crippen MR) is 55.5 cm³/mol. The van der Waals surface area contributed by atoms with Gasteiger partial charge in [-0.15, -0.1) is 0 Å². The average molecular weight is 269 g/mol. The Kier molecular flexibility index (Phi) is 2.38. The molecule has 1 heterocycles. The van der Waals surface area contributed by atoms with Crippen LogP contribution in [0.15, 0.2) is 17.0 Å². The van der Waals surface area contributed by atoms with Crippen LogP contribution in [0.4, 0.5) is 0 Å². The van der Waals surface area contributed by atoms with Gasteiger partial charge < -0.3 is 0 Å². The largest absolute Gasteiger partial charge is 0.263 e. The Morgan fingerprint density at radius 3 is 2.50 bits per heavy atom. The van der Waals surface area contributed by atoms with Gasteiger partial charge in [-0.25, -0.2) is 8.42 Å². The second kappa shape index (κ2) is 3.30. The highest BCUT2D eigenvalue weighted by molar-refractivity contribution is 8.14. The summed E-state index contributed by atoms with van der Waals surface area (Å²) in [5.41, 5.74) is 0.580. The molecule has 2 rings (SSSR count). The first-order valence-corrected chi connectivity index (χ1v) is 6.77. The summed E-state index contributed by atoms with van der Waals surface area (Å²) < 4.78 is 29.9. The van der Waals surface area contributed by atoms with E-state index in [0.29, 0.717) is 10.5 Å². The first-order chi connectivity index (χ1) is 6.50. The van der Waals surface area contributed by atoms with Crippen LogP contribution in [-0.2, 0) is 9.05 Å². The lowest BCUT2D eigenvalue weighted by Crippen LogP contribution is -1.92. The van der Waals surface area contributed by atoms with Crippen LogP contribution >= 0.6 is 34.0 Å². The molecule has 14 heavy (non-hydrogen) atoms. The monoisotopic (exact) mass is 268 g/mol. The molecule has 0 aliphatic carbocycles. The Labute approximate surface area is 93.2 Å². The smallest absolute Gasteiger partial charge is 0.207 e. The number of aromatic nitrogens is 2. The molecule has 0 aliphatic rings. The predicted octanol–water partition coefficient (Wildman–Crippen LogP) is 2.27. The number of hydrogen-bond acceptors (Lipinski definition) is 5. The second-order valence-corrected chi connectivity index (χ2v) is 5.91. The quantitative estimate of drug-likeness (QED) is 0.745. The van der Waals surface area contributed by atoms with Crippen molar-refractivity contribution in [1.82, 2.24) is 8.75 Å². The van der Waals surface area contributed by atoms with Crippen molar-refractivity contribution in [3.63, 3.8) is 0 Å². The molecule has 8 heteroatoms. The molecule has 1 aromatic heterocycles. The molecule has 2 aromatic rings. The molecular formula is C6H2Cl2N2O2S2. The van der Waals surface area contributed by atoms with E-state index in [0.717, 1.165) is 11.7 Å². The van der Waals surface area contributed by atoms with Gasteiger partial charge >= 0.3 is 0 Å². The van der Waals surface area contributed by atoms with E-state index in [1.807, 2.05) is 0 Å². The van der Waals surface area contributed by atoms with Crippen LogP contribution in [-0.4, -0.2) is 17.2 Å². The van der Waals surface area contributed by atoms with Gasteiger partial charge in [0.1, 0.15) is 15.9 Å². The molecule has 74 valence electrons. The van der Waals surface area contributed by atoms with Gasteiger partial charge in [0.2, 0.25) is 0 Å². The SMILES string of the molecule is O=S(=O)(Cl)c1ccc(Cl)c2nsnc12. The number of fused-ring (bicyclic) bond motifs is 1. The summed E-state index contributed by atoms with van der Waals surface area (Å²) in [6.45, 7) is 0. The Morgan fingerprint density at radius 1 is 1.21 bits per heavy atom. The molecule has 0 fully saturated rings. The number of halogens is 2. The Morgan fingerprint density at radius 2 is 1.86 bits per heavy atom. The van der Waals surface area contributed by atoms with Gasteiger partial charge in [-0.05, 0) is 12.1 Å². The van der Waals surface area contributed by atoms with Crippen LogP contribution < -0.4 is 0 Å². The lowest BCUT2D eigenvalue weighted by atomic mass is 10.3. The molecule has 0 unspecified atom stereocenters. The molecule has 0 N–H and O–H groups in total. The minimum Gasteiger partial charge on any atom is -0.207 e. The molecule has 1 aromatic carbocycles. The van der Waals surface area contributed by atoms with Crippen LogP contribution in [0.2, 0.25) is 5.02 Å². The van der Waals surface area contributed by atoms with E-state index in [9.17, 15) is 8.42 Å². The van der Waals surface area contributed by atoms with Crippen molar-refractivity contribution in [2.24, 2.45) is 0 Å². The molecule has 0 radical (unpaired) electrons. The van der Waals surface area contributed by atoms with E-state index in [1.165, 1.54) is 12.1 Å². The maximum atomic E-state index is 11.1. The van der Waals surface area contributed by atoms with E-state index in [2.05, 4.69) is 8.75 Å². The third-order valence-corrected chi connectivity index (χ3v) is 3.78. The third-order valence-electron chi connectivity index (χ3n) is 1.59. The molecule has 0 saturated heterocycles. The summed E-state index contributed by atoms with van der Waals surface area (Å²) in [6, 6.07) is 2.74. The standard InChI is InChI=1S/C6H2Cl2N2O2S2/c7-3-1-2-4(14(8,11)12)6-5(3)9-13-10-6/h1-2H. The Hall–Kier alpha value is -0.430. The van der Waals surface area contributed by atoms with Crippen molar-refractivity contribution in [2.75, 3.05) is 0 Å². The lowest BCUT2D eigenvalue weighted by Gasteiger charge is -1.97. The van der Waals surface area contributed by atoms with Gasteiger partial charge in [-0.1, -0.05) is 11.6 Å². The van der Waals surface area contributed by atoms with Gasteiger partial charge in [0.15, 0.2) is 0 Å². The average Bonchev–Trinajstić information content (AvgIpc) is 2.50. The zero-order valence-corrected chi connectivity index (χ0v) is 9.58. The zero-order valence-electron chi connectivity index (χ0n) is 6.44. The van der Waals surface area contributed by atoms with Crippen LogP contribution in [0.3, 0.4) is 0 Å². The van der Waals surface area contributed by atoms with Crippen LogP contribution in [0.1, 0.15) is 0 Å². The number of rotatable bonds is 1. The lowest BCUT2D eigenvalue weighted by molar-refractivity contribution is 0.610. The minimum absolute atomic E-state index is 0.0627. The van der Waals surface area contributed by atoms with Gasteiger partial charge in [0.05, 0.1) is 16.8 Å². The van der Waals surface area contributed by atoms with Crippen LogP contribution in [0.5, 0.6) is 0 Å². The summed E-state index contributed by atoms with van der Waals surface area (Å²) in [5.74, 6) is 0. The van der Waals surface area contributed by atoms with E-state index < -0.39 is 9.05 Å². The van der Waals surface area contributed by atoms with Crippen molar-refractivity contribution in [2.45, 2.75) is 4.90 Å². The van der Waals surface area contributed by atoms with Gasteiger partial charge in [0, 0.05) is 10.7 Å². The fraction of sp³-hybridized carbons (Fsp3) is 0. The topological polar surface area (TPSA) is 59.9 Å². The second-order valence-electron chi connectivity index (χ2n) is 2.44. The molecular weight excluding hydrogens is 267 g/mol. The molecule has 4 nitrogen and oxygen atoms in total. The number of hydrogen-bond donors (Lipinski definition) is 0. The summed E-state index contributed by atoms with van der Waals surface area (Å²) in [5, 5.41) is 0.359. The van der Waals surface area contributed by atoms with E-state index >= 15 is 0 Å². The van der Waals surface area contributed by atoms with Crippen LogP contribution in [0, 0.1) is 0 Å². The highest BCUT2D eigenvalue weighted by atomic mass is 35.7. The molecule has 0 amide bonds. The highest BCUT2D eigenvalue weighted by Crippen LogP contribution is 2.29. The van der Waals surface area contributed by atoms with Crippen molar-refractivity contribution in [3.05, 3.63) is 17.2 Å². The minimum atomic E-state index is -3.80.